The molecule has 1 aliphatic heterocycles. The lowest BCUT2D eigenvalue weighted by molar-refractivity contribution is -0.135. The third kappa shape index (κ3) is 2.31. The van der Waals surface area contributed by atoms with Crippen LogP contribution in [0.25, 0.3) is 0 Å². The number of nitrogens with zero attached hydrogens (tertiary/aromatic N) is 2. The highest BCUT2D eigenvalue weighted by Crippen LogP contribution is 2.35. The van der Waals surface area contributed by atoms with E-state index in [0.717, 1.165) is 4.31 Å². The van der Waals surface area contributed by atoms with E-state index in [-0.39, 0.29) is 13.1 Å². The summed E-state index contributed by atoms with van der Waals surface area (Å²) < 4.78 is 23.1. The van der Waals surface area contributed by atoms with Gasteiger partial charge in [0, 0.05) is 6.54 Å². The van der Waals surface area contributed by atoms with E-state index in [1.165, 1.54) is 20.8 Å². The summed E-state index contributed by atoms with van der Waals surface area (Å²) in [5.74, 6) is -0.462. The molecular weight excluding hydrogens is 244 g/mol. The van der Waals surface area contributed by atoms with Crippen LogP contribution in [0.5, 0.6) is 0 Å². The number of rotatable bonds is 4. The molecule has 100 valence electrons. The molecule has 0 aromatic heterocycles. The van der Waals surface area contributed by atoms with Crippen LogP contribution in [-0.2, 0) is 14.8 Å². The maximum absolute atomic E-state index is 11.8. The number of carbonyl (C=O) groups is 1. The van der Waals surface area contributed by atoms with Crippen LogP contribution in [0, 0.1) is 0 Å². The lowest BCUT2D eigenvalue weighted by Gasteiger charge is -2.45. The van der Waals surface area contributed by atoms with Gasteiger partial charge in [-0.25, -0.2) is 12.7 Å². The van der Waals surface area contributed by atoms with Gasteiger partial charge < -0.3 is 10.0 Å². The van der Waals surface area contributed by atoms with Crippen LogP contribution in [0.4, 0.5) is 0 Å². The molecule has 6 nitrogen and oxygen atoms in total. The number of sulfonamides is 1. The summed E-state index contributed by atoms with van der Waals surface area (Å²) in [5, 5.41) is 10.0. The Morgan fingerprint density at radius 1 is 1.41 bits per heavy atom. The second-order valence-corrected chi connectivity index (χ2v) is 7.97. The fraction of sp³-hybridized carbons (Fsp3) is 0.900. The summed E-state index contributed by atoms with van der Waals surface area (Å²) in [7, 11) is -0.0760. The van der Waals surface area contributed by atoms with Gasteiger partial charge in [-0.05, 0) is 34.9 Å². The summed E-state index contributed by atoms with van der Waals surface area (Å²) in [6.07, 6.45) is 0. The number of carbonyl (C=O) groups excluding carboxylic acids is 1. The van der Waals surface area contributed by atoms with Crippen LogP contribution in [0.3, 0.4) is 0 Å². The van der Waals surface area contributed by atoms with Crippen LogP contribution in [-0.4, -0.2) is 66.2 Å². The summed E-state index contributed by atoms with van der Waals surface area (Å²) in [6.45, 7) is 4.35. The van der Waals surface area contributed by atoms with Crippen LogP contribution in [0.2, 0.25) is 0 Å². The van der Waals surface area contributed by atoms with Gasteiger partial charge in [-0.3, -0.25) is 4.79 Å². The largest absolute Gasteiger partial charge is 0.387 e. The molecule has 0 aromatic rings. The SMILES string of the molecule is CN(C)CC(C)(O)CN1C(=O)C(C)(C)S1(=O)=O. The minimum Gasteiger partial charge on any atom is -0.387 e. The number of likely N-dealkylation sites (N-methyl/N-ethyl adjacent to an activating group) is 1. The van der Waals surface area contributed by atoms with Crippen LogP contribution in [0.15, 0.2) is 0 Å². The van der Waals surface area contributed by atoms with Gasteiger partial charge in [-0.2, -0.15) is 0 Å². The third-order valence-electron chi connectivity index (χ3n) is 2.82. The van der Waals surface area contributed by atoms with E-state index < -0.39 is 26.3 Å². The van der Waals surface area contributed by atoms with Crippen molar-refractivity contribution in [1.29, 1.82) is 0 Å². The number of aliphatic hydroxyl groups is 1. The first-order valence-electron chi connectivity index (χ1n) is 5.36. The van der Waals surface area contributed by atoms with Crippen molar-refractivity contribution in [2.45, 2.75) is 31.1 Å². The van der Waals surface area contributed by atoms with E-state index in [9.17, 15) is 18.3 Å². The Balaban J connectivity index is 2.83. The molecule has 17 heavy (non-hydrogen) atoms. The first-order valence-corrected chi connectivity index (χ1v) is 6.80. The molecule has 7 heteroatoms. The number of amides is 1. The molecule has 1 aliphatic rings. The molecule has 0 aliphatic carbocycles. The van der Waals surface area contributed by atoms with Crippen molar-refractivity contribution in [2.24, 2.45) is 0 Å². The van der Waals surface area contributed by atoms with Gasteiger partial charge in [0.05, 0.1) is 12.1 Å². The van der Waals surface area contributed by atoms with Gasteiger partial charge >= 0.3 is 0 Å². The highest BCUT2D eigenvalue weighted by molar-refractivity contribution is 7.94. The first kappa shape index (κ1) is 14.4. The lowest BCUT2D eigenvalue weighted by Crippen LogP contribution is -2.70. The fourth-order valence-electron chi connectivity index (χ4n) is 1.95. The van der Waals surface area contributed by atoms with Crippen LogP contribution in [0.1, 0.15) is 20.8 Å². The number of hydrogen-bond acceptors (Lipinski definition) is 5. The number of β-amino-alcohol motifs (C(OH)–C–C–N with tert-alkyl or cyclic N) is 1. The van der Waals surface area contributed by atoms with Gasteiger partial charge in [-0.1, -0.05) is 0 Å². The predicted molar refractivity (Wildman–Crippen MR) is 63.9 cm³/mol. The molecule has 0 radical (unpaired) electrons. The molecule has 1 heterocycles. The van der Waals surface area contributed by atoms with E-state index in [0.29, 0.717) is 0 Å². The maximum Gasteiger partial charge on any atom is 0.258 e. The van der Waals surface area contributed by atoms with Gasteiger partial charge in [0.1, 0.15) is 0 Å². The molecule has 1 saturated heterocycles. The molecule has 0 aromatic carbocycles. The Morgan fingerprint density at radius 3 is 2.24 bits per heavy atom. The van der Waals surface area contributed by atoms with Crippen molar-refractivity contribution in [3.8, 4) is 0 Å². The van der Waals surface area contributed by atoms with Crippen molar-refractivity contribution in [2.75, 3.05) is 27.2 Å². The monoisotopic (exact) mass is 264 g/mol. The normalized spacial score (nSPS) is 25.6. The fourth-order valence-corrected chi connectivity index (χ4v) is 3.60. The second kappa shape index (κ2) is 3.93. The van der Waals surface area contributed by atoms with E-state index in [1.807, 2.05) is 0 Å². The topological polar surface area (TPSA) is 77.9 Å². The van der Waals surface area contributed by atoms with Crippen molar-refractivity contribution in [3.63, 3.8) is 0 Å². The Labute approximate surface area is 102 Å². The summed E-state index contributed by atoms with van der Waals surface area (Å²) >= 11 is 0. The Hall–Kier alpha value is -0.660. The van der Waals surface area contributed by atoms with Gasteiger partial charge in [0.15, 0.2) is 4.75 Å². The van der Waals surface area contributed by atoms with Gasteiger partial charge in [0.2, 0.25) is 0 Å². The molecule has 1 atom stereocenters. The zero-order chi connectivity index (χ0) is 13.6. The molecule has 1 fully saturated rings. The molecule has 1 amide bonds. The Bertz CT molecular complexity index is 426. The molecule has 1 rings (SSSR count). The Kier molecular flexibility index (Phi) is 3.33. The molecule has 0 bridgehead atoms. The van der Waals surface area contributed by atoms with Gasteiger partial charge in [-0.15, -0.1) is 0 Å². The smallest absolute Gasteiger partial charge is 0.258 e. The van der Waals surface area contributed by atoms with Crippen LogP contribution < -0.4 is 0 Å². The average molecular weight is 264 g/mol. The van der Waals surface area contributed by atoms with Crippen molar-refractivity contribution in [1.82, 2.24) is 9.21 Å². The second-order valence-electron chi connectivity index (χ2n) is 5.56. The Morgan fingerprint density at radius 2 is 1.88 bits per heavy atom. The standard InChI is InChI=1S/C10H20N2O4S/c1-9(2)8(13)12(17(9,15)16)7-10(3,14)6-11(4)5/h14H,6-7H2,1-5H3. The number of hydrogen-bond donors (Lipinski definition) is 1. The van der Waals surface area contributed by atoms with E-state index in [4.69, 9.17) is 0 Å². The lowest BCUT2D eigenvalue weighted by atomic mass is 10.1. The highest BCUT2D eigenvalue weighted by atomic mass is 32.2. The zero-order valence-corrected chi connectivity index (χ0v) is 11.7. The van der Waals surface area contributed by atoms with Crippen molar-refractivity contribution >= 4 is 15.9 Å². The zero-order valence-electron chi connectivity index (χ0n) is 10.9. The predicted octanol–water partition coefficient (Wildman–Crippen LogP) is -0.750. The quantitative estimate of drug-likeness (QED) is 0.723. The third-order valence-corrected chi connectivity index (χ3v) is 5.16. The molecule has 0 saturated carbocycles. The van der Waals surface area contributed by atoms with Crippen molar-refractivity contribution < 1.29 is 18.3 Å². The molecule has 0 spiro atoms. The van der Waals surface area contributed by atoms with Crippen LogP contribution >= 0.6 is 0 Å². The maximum atomic E-state index is 11.8. The summed E-state index contributed by atoms with van der Waals surface area (Å²) in [5.41, 5.74) is -1.25. The minimum absolute atomic E-state index is 0.199. The molecular formula is C10H20N2O4S. The highest BCUT2D eigenvalue weighted by Gasteiger charge is 2.61. The van der Waals surface area contributed by atoms with Gasteiger partial charge in [0.25, 0.3) is 15.9 Å². The average Bonchev–Trinajstić information content (AvgIpc) is 2.10. The molecule has 1 N–H and O–H groups in total. The van der Waals surface area contributed by atoms with Crippen molar-refractivity contribution in [3.05, 3.63) is 0 Å². The summed E-state index contributed by atoms with van der Waals surface area (Å²) in [4.78, 5) is 13.4. The van der Waals surface area contributed by atoms with E-state index in [1.54, 1.807) is 19.0 Å². The van der Waals surface area contributed by atoms with E-state index in [2.05, 4.69) is 0 Å². The molecule has 1 unspecified atom stereocenters. The summed E-state index contributed by atoms with van der Waals surface area (Å²) in [6, 6.07) is 0. The minimum atomic E-state index is -3.61. The first-order chi connectivity index (χ1) is 7.42. The van der Waals surface area contributed by atoms with E-state index >= 15 is 0 Å².